The molecule has 1 N–H and O–H groups in total. The molecule has 112 valence electrons. The van der Waals surface area contributed by atoms with Crippen LogP contribution in [0.15, 0.2) is 18.3 Å². The van der Waals surface area contributed by atoms with Crippen LogP contribution < -0.4 is 5.32 Å². The smallest absolute Gasteiger partial charge is 0.126 e. The molecule has 0 saturated carbocycles. The van der Waals surface area contributed by atoms with E-state index in [0.717, 1.165) is 12.2 Å². The number of nitrogens with zero attached hydrogens (tertiary/aromatic N) is 2. The van der Waals surface area contributed by atoms with Gasteiger partial charge in [0.15, 0.2) is 0 Å². The van der Waals surface area contributed by atoms with Crippen molar-refractivity contribution in [1.82, 2.24) is 9.88 Å². The molecule has 1 aromatic heterocycles. The first-order chi connectivity index (χ1) is 9.61. The Balaban J connectivity index is 2.08. The van der Waals surface area contributed by atoms with Crippen LogP contribution in [-0.2, 0) is 0 Å². The van der Waals surface area contributed by atoms with Gasteiger partial charge in [0.05, 0.1) is 0 Å². The number of rotatable bonds is 5. The molecule has 1 aromatic rings. The molecule has 2 rings (SSSR count). The minimum absolute atomic E-state index is 0.482. The van der Waals surface area contributed by atoms with Gasteiger partial charge < -0.3 is 5.32 Å². The fourth-order valence-electron chi connectivity index (χ4n) is 2.97. The molecule has 3 heteroatoms. The Hall–Kier alpha value is -1.09. The minimum Gasteiger partial charge on any atom is -0.368 e. The van der Waals surface area contributed by atoms with Gasteiger partial charge in [0, 0.05) is 24.3 Å². The van der Waals surface area contributed by atoms with Crippen molar-refractivity contribution in [2.45, 2.75) is 71.5 Å². The predicted molar refractivity (Wildman–Crippen MR) is 86.0 cm³/mol. The zero-order valence-corrected chi connectivity index (χ0v) is 13.4. The number of likely N-dealkylation sites (tertiary alicyclic amines) is 1. The van der Waals surface area contributed by atoms with Crippen LogP contribution in [-0.4, -0.2) is 28.5 Å². The van der Waals surface area contributed by atoms with Gasteiger partial charge in [0.2, 0.25) is 0 Å². The van der Waals surface area contributed by atoms with E-state index < -0.39 is 0 Å². The Morgan fingerprint density at radius 1 is 1.30 bits per heavy atom. The number of pyridine rings is 1. The third kappa shape index (κ3) is 3.72. The number of anilines is 1. The Bertz CT molecular complexity index is 399. The van der Waals surface area contributed by atoms with Gasteiger partial charge in [-0.2, -0.15) is 0 Å². The summed E-state index contributed by atoms with van der Waals surface area (Å²) in [5.74, 6) is 0.995. The first-order valence-electron chi connectivity index (χ1n) is 8.10. The van der Waals surface area contributed by atoms with Gasteiger partial charge in [0.25, 0.3) is 0 Å². The van der Waals surface area contributed by atoms with Crippen LogP contribution >= 0.6 is 0 Å². The molecule has 0 amide bonds. The molecule has 0 aliphatic carbocycles. The number of aromatic nitrogens is 1. The van der Waals surface area contributed by atoms with Gasteiger partial charge in [-0.1, -0.05) is 19.4 Å². The molecule has 2 heterocycles. The second-order valence-electron chi connectivity index (χ2n) is 6.27. The largest absolute Gasteiger partial charge is 0.368 e. The van der Waals surface area contributed by atoms with Crippen molar-refractivity contribution in [3.8, 4) is 0 Å². The Kier molecular flexibility index (Phi) is 5.41. The summed E-state index contributed by atoms with van der Waals surface area (Å²) in [6.45, 7) is 10.2. The fourth-order valence-corrected chi connectivity index (χ4v) is 2.97. The van der Waals surface area contributed by atoms with E-state index in [4.69, 9.17) is 0 Å². The first kappa shape index (κ1) is 15.3. The number of nitrogens with one attached hydrogen (secondary N) is 1. The quantitative estimate of drug-likeness (QED) is 0.871. The lowest BCUT2D eigenvalue weighted by Crippen LogP contribution is -2.38. The average Bonchev–Trinajstić information content (AvgIpc) is 2.48. The molecule has 1 saturated heterocycles. The summed E-state index contributed by atoms with van der Waals surface area (Å²) in [5, 5.41) is 3.43. The second-order valence-corrected chi connectivity index (χ2v) is 6.27. The molecule has 0 radical (unpaired) electrons. The summed E-state index contributed by atoms with van der Waals surface area (Å²) in [4.78, 5) is 7.21. The normalized spacial score (nSPS) is 21.9. The van der Waals surface area contributed by atoms with E-state index in [-0.39, 0.29) is 0 Å². The maximum atomic E-state index is 4.60. The van der Waals surface area contributed by atoms with Gasteiger partial charge in [0.1, 0.15) is 5.82 Å². The first-order valence-corrected chi connectivity index (χ1v) is 8.10. The lowest BCUT2D eigenvalue weighted by atomic mass is 9.95. The zero-order chi connectivity index (χ0) is 14.5. The predicted octanol–water partition coefficient (Wildman–Crippen LogP) is 4.23. The summed E-state index contributed by atoms with van der Waals surface area (Å²) in [7, 11) is 0. The second kappa shape index (κ2) is 7.07. The minimum atomic E-state index is 0.482. The van der Waals surface area contributed by atoms with Crippen LogP contribution in [0.2, 0.25) is 0 Å². The fraction of sp³-hybridized carbons (Fsp3) is 0.706. The molecule has 0 aromatic carbocycles. The summed E-state index contributed by atoms with van der Waals surface area (Å²) >= 11 is 0. The topological polar surface area (TPSA) is 28.2 Å². The highest BCUT2D eigenvalue weighted by Gasteiger charge is 2.25. The van der Waals surface area contributed by atoms with Gasteiger partial charge in [-0.3, -0.25) is 4.90 Å². The highest BCUT2D eigenvalue weighted by Crippen LogP contribution is 2.32. The molecular weight excluding hydrogens is 246 g/mol. The molecule has 0 bridgehead atoms. The van der Waals surface area contributed by atoms with Crippen LogP contribution in [0.1, 0.15) is 65.0 Å². The van der Waals surface area contributed by atoms with Crippen LogP contribution in [0.3, 0.4) is 0 Å². The van der Waals surface area contributed by atoms with E-state index in [1.807, 2.05) is 0 Å². The van der Waals surface area contributed by atoms with Crippen LogP contribution in [0.5, 0.6) is 0 Å². The Labute approximate surface area is 123 Å². The molecular formula is C17H29N3. The number of hydrogen-bond acceptors (Lipinski definition) is 3. The lowest BCUT2D eigenvalue weighted by Gasteiger charge is -2.38. The average molecular weight is 275 g/mol. The summed E-state index contributed by atoms with van der Waals surface area (Å²) < 4.78 is 0. The standard InChI is InChI=1S/C17H29N3/c1-5-14(4)19-17-10-9-15(12-18-17)16-8-6-7-11-20(16)13(2)3/h9-10,12-14,16H,5-8,11H2,1-4H3,(H,18,19)/t14-,16-/m1/s1. The van der Waals surface area contributed by atoms with E-state index in [2.05, 4.69) is 61.2 Å². The highest BCUT2D eigenvalue weighted by molar-refractivity contribution is 5.37. The third-order valence-corrected chi connectivity index (χ3v) is 4.39. The molecule has 20 heavy (non-hydrogen) atoms. The molecule has 1 aliphatic heterocycles. The van der Waals surface area contributed by atoms with Gasteiger partial charge in [-0.25, -0.2) is 4.98 Å². The lowest BCUT2D eigenvalue weighted by molar-refractivity contribution is 0.112. The van der Waals surface area contributed by atoms with Gasteiger partial charge in [-0.15, -0.1) is 0 Å². The Morgan fingerprint density at radius 2 is 2.10 bits per heavy atom. The molecule has 1 fully saturated rings. The maximum Gasteiger partial charge on any atom is 0.126 e. The van der Waals surface area contributed by atoms with Crippen molar-refractivity contribution in [3.05, 3.63) is 23.9 Å². The van der Waals surface area contributed by atoms with E-state index in [9.17, 15) is 0 Å². The molecule has 2 atom stereocenters. The van der Waals surface area contributed by atoms with E-state index in [1.54, 1.807) is 0 Å². The summed E-state index contributed by atoms with van der Waals surface area (Å²) in [6.07, 6.45) is 7.11. The number of piperidine rings is 1. The van der Waals surface area contributed by atoms with Crippen molar-refractivity contribution in [2.24, 2.45) is 0 Å². The van der Waals surface area contributed by atoms with Gasteiger partial charge in [-0.05, 0) is 58.2 Å². The zero-order valence-electron chi connectivity index (χ0n) is 13.4. The molecule has 0 spiro atoms. The summed E-state index contributed by atoms with van der Waals surface area (Å²) in [6, 6.07) is 6.03. The van der Waals surface area contributed by atoms with Crippen molar-refractivity contribution >= 4 is 5.82 Å². The van der Waals surface area contributed by atoms with Crippen molar-refractivity contribution in [1.29, 1.82) is 0 Å². The van der Waals surface area contributed by atoms with Crippen molar-refractivity contribution in [2.75, 3.05) is 11.9 Å². The third-order valence-electron chi connectivity index (χ3n) is 4.39. The molecule has 3 nitrogen and oxygen atoms in total. The Morgan fingerprint density at radius 3 is 2.70 bits per heavy atom. The van der Waals surface area contributed by atoms with Crippen molar-refractivity contribution < 1.29 is 0 Å². The SMILES string of the molecule is CC[C@@H](C)Nc1ccc([C@H]2CCCCN2C(C)C)cn1. The monoisotopic (exact) mass is 275 g/mol. The van der Waals surface area contributed by atoms with E-state index >= 15 is 0 Å². The van der Waals surface area contributed by atoms with Crippen molar-refractivity contribution in [3.63, 3.8) is 0 Å². The number of hydrogen-bond donors (Lipinski definition) is 1. The van der Waals surface area contributed by atoms with Crippen LogP contribution in [0.4, 0.5) is 5.82 Å². The maximum absolute atomic E-state index is 4.60. The molecule has 1 aliphatic rings. The van der Waals surface area contributed by atoms with Gasteiger partial charge >= 0.3 is 0 Å². The van der Waals surface area contributed by atoms with Crippen LogP contribution in [0.25, 0.3) is 0 Å². The van der Waals surface area contributed by atoms with E-state index in [0.29, 0.717) is 18.1 Å². The summed E-state index contributed by atoms with van der Waals surface area (Å²) in [5.41, 5.74) is 1.37. The van der Waals surface area contributed by atoms with Crippen LogP contribution in [0, 0.1) is 0 Å². The van der Waals surface area contributed by atoms with E-state index in [1.165, 1.54) is 31.4 Å². The highest BCUT2D eigenvalue weighted by atomic mass is 15.2. The molecule has 0 unspecified atom stereocenters.